The van der Waals surface area contributed by atoms with Gasteiger partial charge in [-0.25, -0.2) is 0 Å². The summed E-state index contributed by atoms with van der Waals surface area (Å²) in [4.78, 5) is 25.7. The van der Waals surface area contributed by atoms with Crippen LogP contribution in [0.1, 0.15) is 44.3 Å². The number of rotatable bonds is 5. The molecule has 2 atom stereocenters. The average molecular weight is 458 g/mol. The lowest BCUT2D eigenvalue weighted by Gasteiger charge is -2.58. The fourth-order valence-corrected chi connectivity index (χ4v) is 7.33. The highest BCUT2D eigenvalue weighted by molar-refractivity contribution is 9.10. The molecule has 3 N–H and O–H groups in total. The maximum Gasteiger partial charge on any atom is 0.312 e. The molecule has 1 heterocycles. The summed E-state index contributed by atoms with van der Waals surface area (Å²) in [6.07, 6.45) is 6.35. The Morgan fingerprint density at radius 2 is 1.86 bits per heavy atom. The predicted octanol–water partition coefficient (Wildman–Crippen LogP) is 3.97. The number of para-hydroxylation sites is 1. The summed E-state index contributed by atoms with van der Waals surface area (Å²) < 4.78 is 5.83. The third-order valence-electron chi connectivity index (χ3n) is 6.48. The average Bonchev–Trinajstić information content (AvgIpc) is 2.64. The first-order valence-electron chi connectivity index (χ1n) is 10.1. The molecule has 2 aromatic rings. The van der Waals surface area contributed by atoms with Gasteiger partial charge in [0.05, 0.1) is 5.41 Å². The monoisotopic (exact) mass is 457 g/mol. The number of ether oxygens (including phenoxy) is 1. The van der Waals surface area contributed by atoms with Crippen molar-refractivity contribution in [3.8, 4) is 0 Å². The number of alkyl halides is 1. The van der Waals surface area contributed by atoms with Gasteiger partial charge in [-0.15, -0.1) is 0 Å². The van der Waals surface area contributed by atoms with E-state index in [4.69, 9.17) is 10.5 Å². The normalized spacial score (nSPS) is 32.2. The number of nitrogens with one attached hydrogen (secondary N) is 1. The van der Waals surface area contributed by atoms with E-state index in [1.807, 2.05) is 30.3 Å². The molecule has 0 spiro atoms. The Morgan fingerprint density at radius 1 is 1.14 bits per heavy atom. The molecule has 1 aromatic heterocycles. The second-order valence-corrected chi connectivity index (χ2v) is 10.6. The number of hydrogen-bond donors (Lipinski definition) is 2. The van der Waals surface area contributed by atoms with Gasteiger partial charge in [0.1, 0.15) is 0 Å². The Kier molecular flexibility index (Phi) is 4.49. The summed E-state index contributed by atoms with van der Waals surface area (Å²) in [6.45, 7) is 0.00138. The molecule has 0 aliphatic heterocycles. The number of anilines is 3. The molecule has 8 heteroatoms. The number of hydrogen-bond acceptors (Lipinski definition) is 7. The summed E-state index contributed by atoms with van der Waals surface area (Å²) in [5.74, 6) is 1.91. The van der Waals surface area contributed by atoms with Crippen LogP contribution in [0.5, 0.6) is 0 Å². The highest BCUT2D eigenvalue weighted by atomic mass is 79.9. The molecule has 4 saturated carbocycles. The first-order chi connectivity index (χ1) is 13.9. The minimum absolute atomic E-state index is 0.00138. The van der Waals surface area contributed by atoms with Crippen molar-refractivity contribution in [1.82, 2.24) is 15.0 Å². The van der Waals surface area contributed by atoms with Crippen molar-refractivity contribution in [3.05, 3.63) is 36.2 Å². The number of nitrogens with zero attached hydrogens (tertiary/aromatic N) is 3. The van der Waals surface area contributed by atoms with Crippen LogP contribution in [0.3, 0.4) is 0 Å². The SMILES string of the molecule is Nc1nc(COC(=O)C23CC4CC(CC(Br)(C4)C2)C3)nc(Nc2ccccc2)n1. The summed E-state index contributed by atoms with van der Waals surface area (Å²) in [5, 5.41) is 3.10. The number of nitrogens with two attached hydrogens (primary N) is 1. The lowest BCUT2D eigenvalue weighted by Crippen LogP contribution is -2.56. The van der Waals surface area contributed by atoms with E-state index in [0.717, 1.165) is 24.9 Å². The Bertz CT molecular complexity index is 924. The van der Waals surface area contributed by atoms with Crippen LogP contribution in [0.15, 0.2) is 30.3 Å². The highest BCUT2D eigenvalue weighted by Crippen LogP contribution is 2.64. The van der Waals surface area contributed by atoms with Crippen molar-refractivity contribution in [2.45, 2.75) is 49.5 Å². The minimum Gasteiger partial charge on any atom is -0.457 e. The predicted molar refractivity (Wildman–Crippen MR) is 113 cm³/mol. The number of esters is 1. The van der Waals surface area contributed by atoms with Crippen LogP contribution >= 0.6 is 15.9 Å². The molecule has 0 radical (unpaired) electrons. The van der Waals surface area contributed by atoms with Gasteiger partial charge in [-0.2, -0.15) is 15.0 Å². The van der Waals surface area contributed by atoms with E-state index >= 15 is 0 Å². The van der Waals surface area contributed by atoms with E-state index in [9.17, 15) is 4.79 Å². The summed E-state index contributed by atoms with van der Waals surface area (Å²) >= 11 is 3.94. The molecule has 4 bridgehead atoms. The molecule has 4 fully saturated rings. The van der Waals surface area contributed by atoms with Gasteiger partial charge in [0.2, 0.25) is 11.9 Å². The highest BCUT2D eigenvalue weighted by Gasteiger charge is 2.60. The van der Waals surface area contributed by atoms with Crippen LogP contribution in [0, 0.1) is 17.3 Å². The Labute approximate surface area is 178 Å². The zero-order valence-corrected chi connectivity index (χ0v) is 17.7. The smallest absolute Gasteiger partial charge is 0.312 e. The van der Waals surface area contributed by atoms with Gasteiger partial charge in [0.15, 0.2) is 12.4 Å². The minimum atomic E-state index is -0.364. The van der Waals surface area contributed by atoms with E-state index in [-0.39, 0.29) is 28.3 Å². The van der Waals surface area contributed by atoms with E-state index in [0.29, 0.717) is 23.6 Å². The van der Waals surface area contributed by atoms with Crippen molar-refractivity contribution in [2.24, 2.45) is 17.3 Å². The van der Waals surface area contributed by atoms with Gasteiger partial charge in [-0.3, -0.25) is 4.79 Å². The molecule has 2 unspecified atom stereocenters. The lowest BCUT2D eigenvalue weighted by molar-refractivity contribution is -0.171. The zero-order valence-electron chi connectivity index (χ0n) is 16.1. The fourth-order valence-electron chi connectivity index (χ4n) is 5.88. The molecule has 1 aromatic carbocycles. The largest absolute Gasteiger partial charge is 0.457 e. The van der Waals surface area contributed by atoms with Crippen molar-refractivity contribution < 1.29 is 9.53 Å². The van der Waals surface area contributed by atoms with E-state index in [1.54, 1.807) is 0 Å². The fraction of sp³-hybridized carbons (Fsp3) is 0.524. The number of carbonyl (C=O) groups is 1. The van der Waals surface area contributed by atoms with Crippen LogP contribution in [-0.4, -0.2) is 25.2 Å². The molecular weight excluding hydrogens is 434 g/mol. The van der Waals surface area contributed by atoms with Gasteiger partial charge in [-0.05, 0) is 62.5 Å². The van der Waals surface area contributed by atoms with Crippen LogP contribution in [-0.2, 0) is 16.1 Å². The Morgan fingerprint density at radius 3 is 2.55 bits per heavy atom. The topological polar surface area (TPSA) is 103 Å². The lowest BCUT2D eigenvalue weighted by atomic mass is 9.49. The second kappa shape index (κ2) is 6.93. The van der Waals surface area contributed by atoms with Crippen LogP contribution in [0.2, 0.25) is 0 Å². The standard InChI is InChI=1S/C21H24BrN5O2/c22-21-9-13-6-14(10-21)8-20(7-13,12-21)17(28)29-11-16-25-18(23)27-19(26-16)24-15-4-2-1-3-5-15/h1-5,13-14H,6-12H2,(H3,23,24,25,26,27). The quantitative estimate of drug-likeness (QED) is 0.516. The van der Waals surface area contributed by atoms with Crippen LogP contribution in [0.25, 0.3) is 0 Å². The van der Waals surface area contributed by atoms with Gasteiger partial charge in [0.25, 0.3) is 0 Å². The first kappa shape index (κ1) is 18.8. The molecule has 152 valence electrons. The third-order valence-corrected chi connectivity index (χ3v) is 7.41. The summed E-state index contributed by atoms with van der Waals surface area (Å²) in [6, 6.07) is 9.57. The van der Waals surface area contributed by atoms with Crippen molar-refractivity contribution in [1.29, 1.82) is 0 Å². The van der Waals surface area contributed by atoms with Crippen molar-refractivity contribution >= 4 is 39.5 Å². The molecule has 4 aliphatic carbocycles. The molecule has 0 saturated heterocycles. The molecule has 29 heavy (non-hydrogen) atoms. The molecule has 6 rings (SSSR count). The van der Waals surface area contributed by atoms with Crippen LogP contribution < -0.4 is 11.1 Å². The number of nitrogen functional groups attached to an aromatic ring is 1. The van der Waals surface area contributed by atoms with Gasteiger partial charge in [0, 0.05) is 10.0 Å². The maximum absolute atomic E-state index is 13.1. The second-order valence-electron chi connectivity index (χ2n) is 8.89. The van der Waals surface area contributed by atoms with Crippen LogP contribution in [0.4, 0.5) is 17.6 Å². The van der Waals surface area contributed by atoms with Crippen molar-refractivity contribution in [3.63, 3.8) is 0 Å². The number of halogens is 1. The Hall–Kier alpha value is -2.22. The number of aromatic nitrogens is 3. The third kappa shape index (κ3) is 3.70. The molecule has 0 amide bonds. The molecule has 4 aliphatic rings. The Balaban J connectivity index is 1.28. The van der Waals surface area contributed by atoms with Gasteiger partial charge >= 0.3 is 5.97 Å². The first-order valence-corrected chi connectivity index (χ1v) is 10.9. The number of benzene rings is 1. The maximum atomic E-state index is 13.1. The van der Waals surface area contributed by atoms with E-state index in [2.05, 4.69) is 36.2 Å². The number of carbonyl (C=O) groups excluding carboxylic acids is 1. The van der Waals surface area contributed by atoms with Gasteiger partial charge in [-0.1, -0.05) is 34.1 Å². The summed E-state index contributed by atoms with van der Waals surface area (Å²) in [5.41, 5.74) is 6.32. The van der Waals surface area contributed by atoms with E-state index in [1.165, 1.54) is 19.3 Å². The van der Waals surface area contributed by atoms with Gasteiger partial charge < -0.3 is 15.8 Å². The van der Waals surface area contributed by atoms with Crippen molar-refractivity contribution in [2.75, 3.05) is 11.1 Å². The molecular formula is C21H24BrN5O2. The molecule has 7 nitrogen and oxygen atoms in total. The summed E-state index contributed by atoms with van der Waals surface area (Å²) in [7, 11) is 0. The van der Waals surface area contributed by atoms with E-state index < -0.39 is 0 Å². The zero-order chi connectivity index (χ0) is 20.1.